The Bertz CT molecular complexity index is 687. The maximum atomic E-state index is 9.54. The smallest absolute Gasteiger partial charge is 0.115 e. The number of aromatic nitrogens is 2. The quantitative estimate of drug-likeness (QED) is 0.722. The molecule has 0 spiro atoms. The van der Waals surface area contributed by atoms with Gasteiger partial charge in [-0.2, -0.15) is 0 Å². The third-order valence-corrected chi connectivity index (χ3v) is 3.38. The van der Waals surface area contributed by atoms with E-state index in [0.29, 0.717) is 6.54 Å². The second kappa shape index (κ2) is 5.71. The van der Waals surface area contributed by atoms with Crippen molar-refractivity contribution >= 4 is 5.69 Å². The van der Waals surface area contributed by atoms with E-state index >= 15 is 0 Å². The van der Waals surface area contributed by atoms with Gasteiger partial charge in [-0.15, -0.1) is 0 Å². The summed E-state index contributed by atoms with van der Waals surface area (Å²) in [5.41, 5.74) is 8.75. The van der Waals surface area contributed by atoms with Crippen molar-refractivity contribution in [2.24, 2.45) is 0 Å². The van der Waals surface area contributed by atoms with Gasteiger partial charge in [0.1, 0.15) is 11.6 Å². The van der Waals surface area contributed by atoms with Gasteiger partial charge in [-0.3, -0.25) is 0 Å². The molecular weight excluding hydrogens is 262 g/mol. The molecule has 0 saturated carbocycles. The van der Waals surface area contributed by atoms with E-state index < -0.39 is 0 Å². The van der Waals surface area contributed by atoms with Gasteiger partial charge in [0.15, 0.2) is 0 Å². The van der Waals surface area contributed by atoms with Gasteiger partial charge < -0.3 is 15.4 Å². The monoisotopic (exact) mass is 279 g/mol. The average Bonchev–Trinajstić information content (AvgIpc) is 2.86. The van der Waals surface area contributed by atoms with Crippen LogP contribution >= 0.6 is 0 Å². The molecule has 4 heteroatoms. The van der Waals surface area contributed by atoms with Crippen LogP contribution in [0.15, 0.2) is 60.9 Å². The number of nitrogens with two attached hydrogens (primary N) is 1. The number of nitrogens with zero attached hydrogens (tertiary/aromatic N) is 2. The Morgan fingerprint density at radius 1 is 1.05 bits per heavy atom. The van der Waals surface area contributed by atoms with Gasteiger partial charge in [-0.25, -0.2) is 4.98 Å². The van der Waals surface area contributed by atoms with Gasteiger partial charge in [0, 0.05) is 31.0 Å². The van der Waals surface area contributed by atoms with Gasteiger partial charge in [-0.05, 0) is 35.4 Å². The second-order valence-corrected chi connectivity index (χ2v) is 5.06. The highest BCUT2D eigenvalue weighted by Gasteiger charge is 2.05. The summed E-state index contributed by atoms with van der Waals surface area (Å²) >= 11 is 0. The fourth-order valence-electron chi connectivity index (χ4n) is 2.39. The molecule has 21 heavy (non-hydrogen) atoms. The lowest BCUT2D eigenvalue weighted by atomic mass is 10.1. The first-order valence-corrected chi connectivity index (χ1v) is 6.83. The molecular formula is C17H17N3O. The average molecular weight is 279 g/mol. The third kappa shape index (κ3) is 3.23. The van der Waals surface area contributed by atoms with Gasteiger partial charge in [0.05, 0.1) is 0 Å². The molecule has 3 N–H and O–H groups in total. The van der Waals surface area contributed by atoms with Crippen LogP contribution < -0.4 is 5.73 Å². The van der Waals surface area contributed by atoms with Crippen molar-refractivity contribution in [3.8, 4) is 5.75 Å². The van der Waals surface area contributed by atoms with Crippen LogP contribution in [0.1, 0.15) is 17.0 Å². The van der Waals surface area contributed by atoms with Crippen LogP contribution in [-0.4, -0.2) is 14.7 Å². The standard InChI is InChI=1S/C17H17N3O/c18-15-5-1-3-13(9-15)11-17-19-7-8-20(17)12-14-4-2-6-16(21)10-14/h1-10,21H,11-12,18H2. The molecule has 0 radical (unpaired) electrons. The Kier molecular flexibility index (Phi) is 3.60. The van der Waals surface area contributed by atoms with E-state index in [1.165, 1.54) is 0 Å². The predicted molar refractivity (Wildman–Crippen MR) is 83.1 cm³/mol. The fraction of sp³-hybridized carbons (Fsp3) is 0.118. The number of anilines is 1. The molecule has 0 amide bonds. The van der Waals surface area contributed by atoms with Gasteiger partial charge in [0.25, 0.3) is 0 Å². The Hall–Kier alpha value is -2.75. The molecule has 1 aromatic heterocycles. The number of rotatable bonds is 4. The van der Waals surface area contributed by atoms with Crippen molar-refractivity contribution in [1.29, 1.82) is 0 Å². The van der Waals surface area contributed by atoms with E-state index in [4.69, 9.17) is 5.73 Å². The number of hydrogen-bond acceptors (Lipinski definition) is 3. The second-order valence-electron chi connectivity index (χ2n) is 5.06. The zero-order valence-corrected chi connectivity index (χ0v) is 11.6. The Morgan fingerprint density at radius 2 is 1.86 bits per heavy atom. The van der Waals surface area contributed by atoms with E-state index in [-0.39, 0.29) is 5.75 Å². The molecule has 2 aromatic carbocycles. The molecule has 0 bridgehead atoms. The van der Waals surface area contributed by atoms with Crippen LogP contribution in [0, 0.1) is 0 Å². The predicted octanol–water partition coefficient (Wildman–Crippen LogP) is 2.81. The summed E-state index contributed by atoms with van der Waals surface area (Å²) in [6.45, 7) is 0.687. The van der Waals surface area contributed by atoms with Crippen molar-refractivity contribution in [2.75, 3.05) is 5.73 Å². The highest BCUT2D eigenvalue weighted by Crippen LogP contribution is 2.15. The first-order chi connectivity index (χ1) is 10.2. The molecule has 0 aliphatic carbocycles. The van der Waals surface area contributed by atoms with Gasteiger partial charge >= 0.3 is 0 Å². The molecule has 0 fully saturated rings. The largest absolute Gasteiger partial charge is 0.508 e. The lowest BCUT2D eigenvalue weighted by molar-refractivity contribution is 0.474. The molecule has 3 aromatic rings. The summed E-state index contributed by atoms with van der Waals surface area (Å²) < 4.78 is 2.08. The molecule has 4 nitrogen and oxygen atoms in total. The van der Waals surface area contributed by atoms with Crippen molar-refractivity contribution in [2.45, 2.75) is 13.0 Å². The Labute approximate surface area is 123 Å². The molecule has 0 atom stereocenters. The maximum absolute atomic E-state index is 9.54. The number of phenolic OH excluding ortho intramolecular Hbond substituents is 1. The van der Waals surface area contributed by atoms with Crippen molar-refractivity contribution in [3.05, 3.63) is 77.9 Å². The molecule has 0 saturated heterocycles. The number of nitrogen functional groups attached to an aromatic ring is 1. The summed E-state index contributed by atoms with van der Waals surface area (Å²) in [5.74, 6) is 1.26. The summed E-state index contributed by atoms with van der Waals surface area (Å²) in [6.07, 6.45) is 4.48. The van der Waals surface area contributed by atoms with Crippen LogP contribution in [0.25, 0.3) is 0 Å². The molecule has 106 valence electrons. The zero-order chi connectivity index (χ0) is 14.7. The van der Waals surface area contributed by atoms with Crippen molar-refractivity contribution in [3.63, 3.8) is 0 Å². The maximum Gasteiger partial charge on any atom is 0.115 e. The van der Waals surface area contributed by atoms with E-state index in [0.717, 1.165) is 29.1 Å². The number of phenols is 1. The molecule has 0 aliphatic rings. The topological polar surface area (TPSA) is 64.1 Å². The molecule has 0 aliphatic heterocycles. The van der Waals surface area contributed by atoms with E-state index in [1.54, 1.807) is 18.3 Å². The van der Waals surface area contributed by atoms with E-state index in [9.17, 15) is 5.11 Å². The lowest BCUT2D eigenvalue weighted by Gasteiger charge is -2.09. The number of hydrogen-bond donors (Lipinski definition) is 2. The van der Waals surface area contributed by atoms with E-state index in [2.05, 4.69) is 9.55 Å². The zero-order valence-electron chi connectivity index (χ0n) is 11.6. The van der Waals surface area contributed by atoms with Crippen molar-refractivity contribution in [1.82, 2.24) is 9.55 Å². The number of imidazole rings is 1. The minimum absolute atomic E-state index is 0.282. The first-order valence-electron chi connectivity index (χ1n) is 6.83. The summed E-state index contributed by atoms with van der Waals surface area (Å²) in [4.78, 5) is 4.42. The SMILES string of the molecule is Nc1cccc(Cc2nccn2Cc2cccc(O)c2)c1. The number of aromatic hydroxyl groups is 1. The Balaban J connectivity index is 1.81. The fourth-order valence-corrected chi connectivity index (χ4v) is 2.39. The molecule has 1 heterocycles. The lowest BCUT2D eigenvalue weighted by Crippen LogP contribution is -2.05. The van der Waals surface area contributed by atoms with Crippen LogP contribution in [0.4, 0.5) is 5.69 Å². The van der Waals surface area contributed by atoms with Crippen LogP contribution in [0.2, 0.25) is 0 Å². The van der Waals surface area contributed by atoms with Crippen LogP contribution in [-0.2, 0) is 13.0 Å². The number of benzene rings is 2. The normalized spacial score (nSPS) is 10.7. The minimum Gasteiger partial charge on any atom is -0.508 e. The third-order valence-electron chi connectivity index (χ3n) is 3.38. The van der Waals surface area contributed by atoms with Gasteiger partial charge in [0.2, 0.25) is 0 Å². The van der Waals surface area contributed by atoms with E-state index in [1.807, 2.05) is 42.6 Å². The summed E-state index contributed by atoms with van der Waals surface area (Å²) in [7, 11) is 0. The molecule has 3 rings (SSSR count). The van der Waals surface area contributed by atoms with Crippen LogP contribution in [0.5, 0.6) is 5.75 Å². The summed E-state index contributed by atoms with van der Waals surface area (Å²) in [5, 5.41) is 9.54. The highest BCUT2D eigenvalue weighted by atomic mass is 16.3. The Morgan fingerprint density at radius 3 is 2.67 bits per heavy atom. The molecule has 0 unspecified atom stereocenters. The van der Waals surface area contributed by atoms with Gasteiger partial charge in [-0.1, -0.05) is 24.3 Å². The van der Waals surface area contributed by atoms with Crippen molar-refractivity contribution < 1.29 is 5.11 Å². The summed E-state index contributed by atoms with van der Waals surface area (Å²) in [6, 6.07) is 15.1. The van der Waals surface area contributed by atoms with Crippen LogP contribution in [0.3, 0.4) is 0 Å². The minimum atomic E-state index is 0.282. The first kappa shape index (κ1) is 13.2. The highest BCUT2D eigenvalue weighted by molar-refractivity contribution is 5.41.